The highest BCUT2D eigenvalue weighted by atomic mass is 16.2. The van der Waals surface area contributed by atoms with Gasteiger partial charge >= 0.3 is 0 Å². The lowest BCUT2D eigenvalue weighted by atomic mass is 10.2. The molecule has 5 nitrogen and oxygen atoms in total. The van der Waals surface area contributed by atoms with Gasteiger partial charge in [0.25, 0.3) is 0 Å². The molecular weight excluding hydrogens is 194 g/mol. The van der Waals surface area contributed by atoms with E-state index in [1.165, 1.54) is 4.90 Å². The van der Waals surface area contributed by atoms with Crippen LogP contribution in [0.5, 0.6) is 0 Å². The van der Waals surface area contributed by atoms with Crippen molar-refractivity contribution < 1.29 is 9.59 Å². The van der Waals surface area contributed by atoms with Crippen LogP contribution in [0.15, 0.2) is 0 Å². The summed E-state index contributed by atoms with van der Waals surface area (Å²) in [5.41, 5.74) is 5.09. The zero-order valence-electron chi connectivity index (χ0n) is 9.75. The molecule has 0 radical (unpaired) electrons. The molecule has 0 bridgehead atoms. The Labute approximate surface area is 91.0 Å². The summed E-state index contributed by atoms with van der Waals surface area (Å²) in [6.45, 7) is 5.21. The van der Waals surface area contributed by atoms with Crippen LogP contribution >= 0.6 is 0 Å². The lowest BCUT2D eigenvalue weighted by Crippen LogP contribution is -2.41. The van der Waals surface area contributed by atoms with Crippen LogP contribution < -0.4 is 11.1 Å². The standard InChI is InChI=1S/C10H21N3O2/c1-8(2)6-13(7-9(11)14)10(15)4-5-12-3/h8,12H,4-7H2,1-3H3,(H2,11,14). The number of nitrogens with one attached hydrogen (secondary N) is 1. The molecule has 0 aliphatic carbocycles. The Bertz CT molecular complexity index is 217. The Kier molecular flexibility index (Phi) is 6.70. The van der Waals surface area contributed by atoms with E-state index in [-0.39, 0.29) is 12.5 Å². The average molecular weight is 215 g/mol. The Hall–Kier alpha value is -1.10. The molecule has 5 heteroatoms. The Balaban J connectivity index is 4.20. The second-order valence-electron chi connectivity index (χ2n) is 3.99. The first-order chi connectivity index (χ1) is 6.97. The maximum Gasteiger partial charge on any atom is 0.237 e. The molecule has 0 aliphatic heterocycles. The molecule has 0 atom stereocenters. The van der Waals surface area contributed by atoms with Crippen LogP contribution in [0.4, 0.5) is 0 Å². The van der Waals surface area contributed by atoms with Crippen molar-refractivity contribution in [1.29, 1.82) is 0 Å². The van der Waals surface area contributed by atoms with Crippen molar-refractivity contribution in [2.45, 2.75) is 20.3 Å². The summed E-state index contributed by atoms with van der Waals surface area (Å²) in [5.74, 6) is -0.159. The number of carbonyl (C=O) groups excluding carboxylic acids is 2. The summed E-state index contributed by atoms with van der Waals surface area (Å²) in [5, 5.41) is 2.90. The lowest BCUT2D eigenvalue weighted by molar-refractivity contribution is -0.135. The van der Waals surface area contributed by atoms with Gasteiger partial charge in [-0.25, -0.2) is 0 Å². The van der Waals surface area contributed by atoms with E-state index >= 15 is 0 Å². The molecule has 3 N–H and O–H groups in total. The number of hydrogen-bond acceptors (Lipinski definition) is 3. The zero-order chi connectivity index (χ0) is 11.8. The van der Waals surface area contributed by atoms with Crippen molar-refractivity contribution in [2.75, 3.05) is 26.7 Å². The van der Waals surface area contributed by atoms with Crippen molar-refractivity contribution in [2.24, 2.45) is 11.7 Å². The molecule has 0 saturated carbocycles. The molecule has 0 aliphatic rings. The van der Waals surface area contributed by atoms with Gasteiger partial charge in [-0.15, -0.1) is 0 Å². The highest BCUT2D eigenvalue weighted by Crippen LogP contribution is 2.00. The Morgan fingerprint density at radius 3 is 2.40 bits per heavy atom. The molecule has 88 valence electrons. The van der Waals surface area contributed by atoms with Crippen LogP contribution in [-0.2, 0) is 9.59 Å². The number of nitrogens with zero attached hydrogens (tertiary/aromatic N) is 1. The number of nitrogens with two attached hydrogens (primary N) is 1. The summed E-state index contributed by atoms with van der Waals surface area (Å²) in [6, 6.07) is 0. The normalized spacial score (nSPS) is 10.4. The lowest BCUT2D eigenvalue weighted by Gasteiger charge is -2.23. The van der Waals surface area contributed by atoms with Gasteiger partial charge in [-0.2, -0.15) is 0 Å². The van der Waals surface area contributed by atoms with E-state index in [0.29, 0.717) is 25.4 Å². The van der Waals surface area contributed by atoms with Crippen LogP contribution in [0.25, 0.3) is 0 Å². The van der Waals surface area contributed by atoms with E-state index < -0.39 is 5.91 Å². The minimum Gasteiger partial charge on any atom is -0.368 e. The second kappa shape index (κ2) is 7.23. The molecule has 0 fully saturated rings. The fraction of sp³-hybridized carbons (Fsp3) is 0.800. The van der Waals surface area contributed by atoms with Gasteiger partial charge in [0.2, 0.25) is 11.8 Å². The summed E-state index contributed by atoms with van der Waals surface area (Å²) in [7, 11) is 1.79. The molecule has 0 aromatic rings. The largest absolute Gasteiger partial charge is 0.368 e. The first-order valence-electron chi connectivity index (χ1n) is 5.18. The molecule has 15 heavy (non-hydrogen) atoms. The fourth-order valence-electron chi connectivity index (χ4n) is 1.27. The SMILES string of the molecule is CNCCC(=O)N(CC(N)=O)CC(C)C. The van der Waals surface area contributed by atoms with E-state index in [9.17, 15) is 9.59 Å². The minimum atomic E-state index is -0.464. The molecule has 0 aromatic heterocycles. The van der Waals surface area contributed by atoms with Crippen molar-refractivity contribution in [3.63, 3.8) is 0 Å². The molecule has 0 spiro atoms. The zero-order valence-corrected chi connectivity index (χ0v) is 9.75. The van der Waals surface area contributed by atoms with Crippen LogP contribution in [0.2, 0.25) is 0 Å². The summed E-state index contributed by atoms with van der Waals surface area (Å²) in [4.78, 5) is 24.0. The predicted octanol–water partition coefficient (Wildman–Crippen LogP) is -0.434. The van der Waals surface area contributed by atoms with Gasteiger partial charge in [0.15, 0.2) is 0 Å². The topological polar surface area (TPSA) is 75.4 Å². The number of amides is 2. The second-order valence-corrected chi connectivity index (χ2v) is 3.99. The Morgan fingerprint density at radius 1 is 1.40 bits per heavy atom. The van der Waals surface area contributed by atoms with Gasteiger partial charge in [-0.1, -0.05) is 13.8 Å². The maximum atomic E-state index is 11.7. The number of primary amides is 1. The van der Waals surface area contributed by atoms with Gasteiger partial charge in [-0.05, 0) is 13.0 Å². The highest BCUT2D eigenvalue weighted by molar-refractivity contribution is 5.83. The molecule has 0 unspecified atom stereocenters. The molecule has 0 rings (SSSR count). The molecule has 2 amide bonds. The Morgan fingerprint density at radius 2 is 2.00 bits per heavy atom. The third-order valence-corrected chi connectivity index (χ3v) is 1.87. The van der Waals surface area contributed by atoms with Crippen molar-refractivity contribution >= 4 is 11.8 Å². The van der Waals surface area contributed by atoms with Crippen molar-refractivity contribution in [3.8, 4) is 0 Å². The summed E-state index contributed by atoms with van der Waals surface area (Å²) in [6.07, 6.45) is 0.399. The van der Waals surface area contributed by atoms with Gasteiger partial charge in [0, 0.05) is 19.5 Å². The van der Waals surface area contributed by atoms with Crippen LogP contribution in [0, 0.1) is 5.92 Å². The van der Waals surface area contributed by atoms with Gasteiger partial charge in [0.05, 0.1) is 6.54 Å². The van der Waals surface area contributed by atoms with E-state index in [1.807, 2.05) is 13.8 Å². The van der Waals surface area contributed by atoms with Gasteiger partial charge < -0.3 is 16.0 Å². The van der Waals surface area contributed by atoms with E-state index in [2.05, 4.69) is 5.32 Å². The number of rotatable bonds is 7. The smallest absolute Gasteiger partial charge is 0.237 e. The minimum absolute atomic E-state index is 0.0146. The maximum absolute atomic E-state index is 11.7. The third-order valence-electron chi connectivity index (χ3n) is 1.87. The molecule has 0 heterocycles. The third kappa shape index (κ3) is 6.90. The number of hydrogen-bond donors (Lipinski definition) is 2. The fourth-order valence-corrected chi connectivity index (χ4v) is 1.27. The van der Waals surface area contributed by atoms with E-state index in [0.717, 1.165) is 0 Å². The quantitative estimate of drug-likeness (QED) is 0.605. The van der Waals surface area contributed by atoms with Gasteiger partial charge in [-0.3, -0.25) is 9.59 Å². The first kappa shape index (κ1) is 13.9. The van der Waals surface area contributed by atoms with E-state index in [4.69, 9.17) is 5.73 Å². The van der Waals surface area contributed by atoms with Gasteiger partial charge in [0.1, 0.15) is 0 Å². The predicted molar refractivity (Wildman–Crippen MR) is 59.2 cm³/mol. The number of carbonyl (C=O) groups is 2. The first-order valence-corrected chi connectivity index (χ1v) is 5.18. The van der Waals surface area contributed by atoms with Crippen LogP contribution in [0.1, 0.15) is 20.3 Å². The monoisotopic (exact) mass is 215 g/mol. The molecule has 0 aromatic carbocycles. The van der Waals surface area contributed by atoms with Crippen molar-refractivity contribution in [1.82, 2.24) is 10.2 Å². The average Bonchev–Trinajstić information content (AvgIpc) is 2.11. The van der Waals surface area contributed by atoms with Crippen LogP contribution in [0.3, 0.4) is 0 Å². The molecule has 0 saturated heterocycles. The highest BCUT2D eigenvalue weighted by Gasteiger charge is 2.15. The van der Waals surface area contributed by atoms with E-state index in [1.54, 1.807) is 7.05 Å². The van der Waals surface area contributed by atoms with Crippen molar-refractivity contribution in [3.05, 3.63) is 0 Å². The summed E-state index contributed by atoms with van der Waals surface area (Å²) < 4.78 is 0. The van der Waals surface area contributed by atoms with Crippen LogP contribution in [-0.4, -0.2) is 43.4 Å². The summed E-state index contributed by atoms with van der Waals surface area (Å²) >= 11 is 0. The molecular formula is C10H21N3O2.